The molecule has 1 aromatic rings. The van der Waals surface area contributed by atoms with E-state index in [1.165, 1.54) is 17.3 Å². The van der Waals surface area contributed by atoms with E-state index in [2.05, 4.69) is 10.5 Å². The van der Waals surface area contributed by atoms with E-state index in [0.717, 1.165) is 11.5 Å². The average molecular weight is 220 g/mol. The Hall–Kier alpha value is -1.29. The number of benzene rings is 1. The van der Waals surface area contributed by atoms with E-state index in [-0.39, 0.29) is 11.2 Å². The van der Waals surface area contributed by atoms with Crippen LogP contribution in [0.5, 0.6) is 0 Å². The molecule has 1 unspecified atom stereocenters. The first kappa shape index (κ1) is 10.2. The van der Waals surface area contributed by atoms with Crippen LogP contribution in [-0.4, -0.2) is 16.2 Å². The molecule has 1 N–H and O–H groups in total. The molecule has 0 saturated heterocycles. The van der Waals surface area contributed by atoms with Crippen molar-refractivity contribution < 1.29 is 4.79 Å². The molecule has 3 nitrogen and oxygen atoms in total. The SMILES string of the molecule is CC1=NNC(=O)C(Cc2ccccc2)S1. The Morgan fingerprint density at radius 1 is 1.40 bits per heavy atom. The number of hydrogen-bond acceptors (Lipinski definition) is 3. The number of nitrogens with one attached hydrogen (secondary N) is 1. The van der Waals surface area contributed by atoms with Gasteiger partial charge in [-0.05, 0) is 18.9 Å². The maximum absolute atomic E-state index is 11.5. The lowest BCUT2D eigenvalue weighted by atomic mass is 10.1. The molecule has 1 amide bonds. The number of hydrazone groups is 1. The summed E-state index contributed by atoms with van der Waals surface area (Å²) >= 11 is 1.53. The van der Waals surface area contributed by atoms with Gasteiger partial charge >= 0.3 is 0 Å². The molecular formula is C11H12N2OS. The van der Waals surface area contributed by atoms with E-state index in [0.29, 0.717) is 0 Å². The van der Waals surface area contributed by atoms with E-state index in [9.17, 15) is 4.79 Å². The lowest BCUT2D eigenvalue weighted by molar-refractivity contribution is -0.120. The first-order valence-electron chi connectivity index (χ1n) is 4.80. The van der Waals surface area contributed by atoms with Gasteiger partial charge < -0.3 is 0 Å². The van der Waals surface area contributed by atoms with Gasteiger partial charge in [0.1, 0.15) is 0 Å². The van der Waals surface area contributed by atoms with Crippen molar-refractivity contribution in [2.75, 3.05) is 0 Å². The average Bonchev–Trinajstić information content (AvgIpc) is 2.25. The third-order valence-electron chi connectivity index (χ3n) is 2.19. The zero-order chi connectivity index (χ0) is 10.7. The molecule has 1 heterocycles. The summed E-state index contributed by atoms with van der Waals surface area (Å²) < 4.78 is 0. The fraction of sp³-hybridized carbons (Fsp3) is 0.273. The predicted molar refractivity (Wildman–Crippen MR) is 62.8 cm³/mol. The molecule has 1 atom stereocenters. The first-order valence-corrected chi connectivity index (χ1v) is 5.68. The van der Waals surface area contributed by atoms with Gasteiger partial charge in [-0.15, -0.1) is 0 Å². The van der Waals surface area contributed by atoms with Crippen LogP contribution in [0.4, 0.5) is 0 Å². The van der Waals surface area contributed by atoms with Crippen molar-refractivity contribution in [1.29, 1.82) is 0 Å². The fourth-order valence-electron chi connectivity index (χ4n) is 1.45. The quantitative estimate of drug-likeness (QED) is 0.825. The second kappa shape index (κ2) is 4.49. The maximum Gasteiger partial charge on any atom is 0.253 e. The van der Waals surface area contributed by atoms with Gasteiger partial charge in [0.2, 0.25) is 0 Å². The van der Waals surface area contributed by atoms with Crippen molar-refractivity contribution in [3.63, 3.8) is 0 Å². The molecule has 2 rings (SSSR count). The van der Waals surface area contributed by atoms with E-state index in [1.807, 2.05) is 37.3 Å². The molecule has 1 aliphatic heterocycles. The summed E-state index contributed by atoms with van der Waals surface area (Å²) in [6.45, 7) is 1.90. The van der Waals surface area contributed by atoms with Crippen molar-refractivity contribution >= 4 is 22.7 Å². The van der Waals surface area contributed by atoms with Crippen LogP contribution in [0.3, 0.4) is 0 Å². The Kier molecular flexibility index (Phi) is 3.06. The number of thioether (sulfide) groups is 1. The number of carbonyl (C=O) groups is 1. The standard InChI is InChI=1S/C11H12N2OS/c1-8-12-13-11(14)10(15-8)7-9-5-3-2-4-6-9/h2-6,10H,7H2,1H3,(H,13,14). The third-order valence-corrected chi connectivity index (χ3v) is 3.29. The van der Waals surface area contributed by atoms with Crippen LogP contribution in [0, 0.1) is 0 Å². The fourth-order valence-corrected chi connectivity index (χ4v) is 2.40. The molecule has 78 valence electrons. The summed E-state index contributed by atoms with van der Waals surface area (Å²) in [5, 5.41) is 4.74. The van der Waals surface area contributed by atoms with Crippen molar-refractivity contribution in [3.05, 3.63) is 35.9 Å². The van der Waals surface area contributed by atoms with Gasteiger partial charge in [0.15, 0.2) is 0 Å². The first-order chi connectivity index (χ1) is 7.25. The molecule has 4 heteroatoms. The molecule has 15 heavy (non-hydrogen) atoms. The van der Waals surface area contributed by atoms with Crippen molar-refractivity contribution in [2.24, 2.45) is 5.10 Å². The number of carbonyl (C=O) groups excluding carboxylic acids is 1. The van der Waals surface area contributed by atoms with Crippen molar-refractivity contribution in [2.45, 2.75) is 18.6 Å². The summed E-state index contributed by atoms with van der Waals surface area (Å²) in [6.07, 6.45) is 0.754. The number of nitrogens with zero attached hydrogens (tertiary/aromatic N) is 1. The summed E-state index contributed by atoms with van der Waals surface area (Å²) in [5.41, 5.74) is 3.71. The zero-order valence-electron chi connectivity index (χ0n) is 8.43. The number of hydrogen-bond donors (Lipinski definition) is 1. The zero-order valence-corrected chi connectivity index (χ0v) is 9.25. The van der Waals surface area contributed by atoms with E-state index < -0.39 is 0 Å². The van der Waals surface area contributed by atoms with Gasteiger partial charge in [-0.25, -0.2) is 5.43 Å². The highest BCUT2D eigenvalue weighted by Gasteiger charge is 2.23. The minimum absolute atomic E-state index is 0.00514. The van der Waals surface area contributed by atoms with Gasteiger partial charge in [-0.1, -0.05) is 42.1 Å². The Balaban J connectivity index is 2.06. The van der Waals surface area contributed by atoms with Crippen LogP contribution in [0.25, 0.3) is 0 Å². The second-order valence-electron chi connectivity index (χ2n) is 3.40. The van der Waals surface area contributed by atoms with Gasteiger partial charge in [0.25, 0.3) is 5.91 Å². The molecule has 0 spiro atoms. The van der Waals surface area contributed by atoms with E-state index in [4.69, 9.17) is 0 Å². The highest BCUT2D eigenvalue weighted by Crippen LogP contribution is 2.20. The summed E-state index contributed by atoms with van der Waals surface area (Å²) in [5.74, 6) is -0.00514. The topological polar surface area (TPSA) is 41.5 Å². The van der Waals surface area contributed by atoms with Gasteiger partial charge in [0, 0.05) is 0 Å². The highest BCUT2D eigenvalue weighted by molar-refractivity contribution is 8.15. The van der Waals surface area contributed by atoms with Gasteiger partial charge in [0.05, 0.1) is 10.3 Å². The minimum Gasteiger partial charge on any atom is -0.272 e. The van der Waals surface area contributed by atoms with E-state index >= 15 is 0 Å². The maximum atomic E-state index is 11.5. The normalized spacial score (nSPS) is 20.7. The lowest BCUT2D eigenvalue weighted by Gasteiger charge is -2.18. The molecule has 1 aliphatic rings. The van der Waals surface area contributed by atoms with Crippen molar-refractivity contribution in [3.8, 4) is 0 Å². The largest absolute Gasteiger partial charge is 0.272 e. The van der Waals surface area contributed by atoms with Crippen LogP contribution < -0.4 is 5.43 Å². The number of amides is 1. The Labute approximate surface area is 93.0 Å². The molecule has 0 aromatic heterocycles. The van der Waals surface area contributed by atoms with Crippen LogP contribution in [0.15, 0.2) is 35.4 Å². The Morgan fingerprint density at radius 3 is 2.87 bits per heavy atom. The smallest absolute Gasteiger partial charge is 0.253 e. The Morgan fingerprint density at radius 2 is 2.13 bits per heavy atom. The van der Waals surface area contributed by atoms with Gasteiger partial charge in [-0.3, -0.25) is 4.79 Å². The van der Waals surface area contributed by atoms with Gasteiger partial charge in [-0.2, -0.15) is 5.10 Å². The molecule has 0 saturated carbocycles. The third kappa shape index (κ3) is 2.59. The highest BCUT2D eigenvalue weighted by atomic mass is 32.2. The molecule has 1 aromatic carbocycles. The van der Waals surface area contributed by atoms with Crippen LogP contribution in [0.2, 0.25) is 0 Å². The Bertz CT molecular complexity index is 389. The van der Waals surface area contributed by atoms with Crippen LogP contribution in [-0.2, 0) is 11.2 Å². The van der Waals surface area contributed by atoms with Crippen molar-refractivity contribution in [1.82, 2.24) is 5.43 Å². The van der Waals surface area contributed by atoms with E-state index in [1.54, 1.807) is 0 Å². The summed E-state index contributed by atoms with van der Waals surface area (Å²) in [7, 11) is 0. The molecule has 0 aliphatic carbocycles. The van der Waals surface area contributed by atoms with Crippen LogP contribution >= 0.6 is 11.8 Å². The lowest BCUT2D eigenvalue weighted by Crippen LogP contribution is -2.35. The molecular weight excluding hydrogens is 208 g/mol. The second-order valence-corrected chi connectivity index (χ2v) is 4.80. The van der Waals surface area contributed by atoms with Crippen LogP contribution in [0.1, 0.15) is 12.5 Å². The predicted octanol–water partition coefficient (Wildman–Crippen LogP) is 1.79. The number of rotatable bonds is 2. The monoisotopic (exact) mass is 220 g/mol. The molecule has 0 radical (unpaired) electrons. The molecule has 0 bridgehead atoms. The summed E-state index contributed by atoms with van der Waals surface area (Å²) in [4.78, 5) is 11.5. The summed E-state index contributed by atoms with van der Waals surface area (Å²) in [6, 6.07) is 10.0. The molecule has 0 fully saturated rings. The minimum atomic E-state index is -0.0510.